The second kappa shape index (κ2) is 17.4. The van der Waals surface area contributed by atoms with E-state index in [1.165, 1.54) is 34.4 Å². The second-order valence-electron chi connectivity index (χ2n) is 11.0. The van der Waals surface area contributed by atoms with E-state index in [0.29, 0.717) is 19.0 Å². The highest BCUT2D eigenvalue weighted by molar-refractivity contribution is 5.87. The van der Waals surface area contributed by atoms with Crippen molar-refractivity contribution in [2.45, 2.75) is 100.0 Å². The summed E-state index contributed by atoms with van der Waals surface area (Å²) in [5.41, 5.74) is 10.4. The summed E-state index contributed by atoms with van der Waals surface area (Å²) in [5, 5.41) is 0. The number of aryl methyl sites for hydroxylation is 1. The first-order chi connectivity index (χ1) is 18.1. The van der Waals surface area contributed by atoms with Crippen LogP contribution in [0, 0.1) is 0 Å². The number of nitrogens with zero attached hydrogens (tertiary/aromatic N) is 3. The summed E-state index contributed by atoms with van der Waals surface area (Å²) in [4.78, 5) is 24.6. The Balaban J connectivity index is 0.000000431. The molecular formula is C33H55N3O2. The minimum Gasteiger partial charge on any atom is -0.354 e. The maximum Gasteiger partial charge on any atom is 0.143 e. The van der Waals surface area contributed by atoms with E-state index in [-0.39, 0.29) is 5.78 Å². The van der Waals surface area contributed by atoms with E-state index < -0.39 is 0 Å². The molecule has 214 valence electrons. The highest BCUT2D eigenvalue weighted by atomic mass is 16.1. The van der Waals surface area contributed by atoms with Gasteiger partial charge in [0.15, 0.2) is 0 Å². The van der Waals surface area contributed by atoms with Crippen LogP contribution in [0.1, 0.15) is 97.9 Å². The van der Waals surface area contributed by atoms with Gasteiger partial charge in [0.05, 0.1) is 6.54 Å². The molecule has 1 aliphatic heterocycles. The van der Waals surface area contributed by atoms with E-state index in [0.717, 1.165) is 58.1 Å². The molecule has 0 bridgehead atoms. The monoisotopic (exact) mass is 525 g/mol. The Morgan fingerprint density at radius 1 is 1.13 bits per heavy atom. The average Bonchev–Trinajstić information content (AvgIpc) is 3.17. The molecule has 5 nitrogen and oxygen atoms in total. The van der Waals surface area contributed by atoms with Gasteiger partial charge in [-0.3, -0.25) is 14.6 Å². The van der Waals surface area contributed by atoms with Gasteiger partial charge in [0, 0.05) is 50.1 Å². The maximum atomic E-state index is 10.6. The molecule has 0 amide bonds. The lowest BCUT2D eigenvalue weighted by molar-refractivity contribution is -0.118. The van der Waals surface area contributed by atoms with Crippen molar-refractivity contribution in [1.29, 1.82) is 0 Å². The Kier molecular flexibility index (Phi) is 15.4. The molecule has 1 aromatic rings. The van der Waals surface area contributed by atoms with Gasteiger partial charge in [0.25, 0.3) is 0 Å². The molecule has 1 atom stereocenters. The van der Waals surface area contributed by atoms with E-state index in [1.807, 2.05) is 6.92 Å². The molecule has 3 rings (SSSR count). The zero-order chi connectivity index (χ0) is 28.8. The van der Waals surface area contributed by atoms with Crippen molar-refractivity contribution in [3.8, 4) is 0 Å². The lowest BCUT2D eigenvalue weighted by Gasteiger charge is -2.41. The minimum absolute atomic E-state index is 0.260. The van der Waals surface area contributed by atoms with Gasteiger partial charge < -0.3 is 9.36 Å². The molecule has 0 unspecified atom stereocenters. The van der Waals surface area contributed by atoms with Crippen LogP contribution in [0.2, 0.25) is 0 Å². The van der Waals surface area contributed by atoms with Gasteiger partial charge in [-0.25, -0.2) is 0 Å². The van der Waals surface area contributed by atoms with E-state index in [2.05, 4.69) is 81.8 Å². The Bertz CT molecular complexity index is 979. The van der Waals surface area contributed by atoms with Crippen molar-refractivity contribution in [3.05, 3.63) is 52.4 Å². The molecule has 0 saturated carbocycles. The molecule has 0 radical (unpaired) electrons. The normalized spacial score (nSPS) is 16.3. The largest absolute Gasteiger partial charge is 0.354 e. The number of carbonyl (C=O) groups excluding carboxylic acids is 2. The molecule has 2 aliphatic rings. The van der Waals surface area contributed by atoms with Crippen LogP contribution in [-0.4, -0.2) is 65.2 Å². The average molecular weight is 526 g/mol. The number of fused-ring (bicyclic) bond motifs is 2. The standard InChI is InChI=1S/C22H32N2.C8H17NO.C3H6O/c1-7-9-19-22-17(14-23(19)6)12-20-18(21(22)16(4)5)10-8-11-24(20)13-15(2)3;1-4-6-9(5-2)7-8(3)10;1-2-3-4/h10,14,20H,2,7-9,11-13H2,1,3-6H3;4-7H2,1-3H3;3H,2H2,1H3/t20-;;/m1../s1. The highest BCUT2D eigenvalue weighted by Gasteiger charge is 2.36. The van der Waals surface area contributed by atoms with Crippen LogP contribution < -0.4 is 0 Å². The van der Waals surface area contributed by atoms with E-state index >= 15 is 0 Å². The number of aromatic nitrogens is 1. The molecule has 0 fully saturated rings. The maximum absolute atomic E-state index is 10.6. The fourth-order valence-electron chi connectivity index (χ4n) is 5.53. The third kappa shape index (κ3) is 9.81. The van der Waals surface area contributed by atoms with Gasteiger partial charge in [-0.15, -0.1) is 0 Å². The molecule has 1 aliphatic carbocycles. The summed E-state index contributed by atoms with van der Waals surface area (Å²) < 4.78 is 2.37. The molecule has 2 heterocycles. The third-order valence-corrected chi connectivity index (χ3v) is 6.98. The zero-order valence-electron chi connectivity index (χ0n) is 26.0. The van der Waals surface area contributed by atoms with Crippen LogP contribution in [0.15, 0.2) is 35.6 Å². The van der Waals surface area contributed by atoms with Crippen LogP contribution in [-0.2, 0) is 29.5 Å². The minimum atomic E-state index is 0.260. The van der Waals surface area contributed by atoms with Crippen LogP contribution >= 0.6 is 0 Å². The molecule has 5 heteroatoms. The van der Waals surface area contributed by atoms with Gasteiger partial charge >= 0.3 is 0 Å². The third-order valence-electron chi connectivity index (χ3n) is 6.98. The Labute approximate surface area is 233 Å². The fourth-order valence-corrected chi connectivity index (χ4v) is 5.53. The predicted octanol–water partition coefficient (Wildman–Crippen LogP) is 6.81. The summed E-state index contributed by atoms with van der Waals surface area (Å²) in [6.45, 7) is 25.6. The van der Waals surface area contributed by atoms with E-state index in [1.54, 1.807) is 18.1 Å². The van der Waals surface area contributed by atoms with Crippen molar-refractivity contribution in [3.63, 3.8) is 0 Å². The lowest BCUT2D eigenvalue weighted by Crippen LogP contribution is -2.44. The first kappa shape index (κ1) is 33.8. The smallest absolute Gasteiger partial charge is 0.143 e. The highest BCUT2D eigenvalue weighted by Crippen LogP contribution is 2.43. The molecule has 0 N–H and O–H groups in total. The van der Waals surface area contributed by atoms with Crippen LogP contribution in [0.5, 0.6) is 0 Å². The number of aldehydes is 1. The van der Waals surface area contributed by atoms with E-state index in [9.17, 15) is 9.59 Å². The molecule has 38 heavy (non-hydrogen) atoms. The van der Waals surface area contributed by atoms with Gasteiger partial charge in [0.2, 0.25) is 0 Å². The predicted molar refractivity (Wildman–Crippen MR) is 164 cm³/mol. The molecule has 0 saturated heterocycles. The Morgan fingerprint density at radius 3 is 2.26 bits per heavy atom. The number of hydrogen-bond acceptors (Lipinski definition) is 4. The van der Waals surface area contributed by atoms with Crippen LogP contribution in [0.25, 0.3) is 5.57 Å². The van der Waals surface area contributed by atoms with Crippen molar-refractivity contribution in [2.75, 3.05) is 32.7 Å². The Hall–Kier alpha value is -2.24. The SMILES string of the molecule is C=C(C)CN1CCC=C2C(=C(C)C)c3c(cn(C)c3CCC)C[C@H]21.CCC=O.CCCN(CC)CC(C)=O. The molecular weight excluding hydrogens is 470 g/mol. The number of allylic oxidation sites excluding steroid dienone is 1. The summed E-state index contributed by atoms with van der Waals surface area (Å²) in [6, 6.07) is 0.518. The van der Waals surface area contributed by atoms with Crippen LogP contribution in [0.4, 0.5) is 0 Å². The lowest BCUT2D eigenvalue weighted by atomic mass is 9.76. The van der Waals surface area contributed by atoms with Gasteiger partial charge in [-0.2, -0.15) is 0 Å². The summed E-state index contributed by atoms with van der Waals surface area (Å²) in [5.74, 6) is 0.260. The molecule has 0 aromatic carbocycles. The van der Waals surface area contributed by atoms with Crippen molar-refractivity contribution < 1.29 is 9.59 Å². The Morgan fingerprint density at radius 2 is 1.79 bits per heavy atom. The van der Waals surface area contributed by atoms with Crippen molar-refractivity contribution in [1.82, 2.24) is 14.4 Å². The number of hydrogen-bond donors (Lipinski definition) is 0. The number of Topliss-reactive ketones (excluding diaryl/α,β-unsaturated/α-hetero) is 1. The van der Waals surface area contributed by atoms with Crippen LogP contribution in [0.3, 0.4) is 0 Å². The first-order valence-electron chi connectivity index (χ1n) is 14.6. The van der Waals surface area contributed by atoms with E-state index in [4.69, 9.17) is 0 Å². The fraction of sp³-hybridized carbons (Fsp3) is 0.636. The summed E-state index contributed by atoms with van der Waals surface area (Å²) in [7, 11) is 2.22. The van der Waals surface area contributed by atoms with Crippen molar-refractivity contribution in [2.24, 2.45) is 7.05 Å². The summed E-state index contributed by atoms with van der Waals surface area (Å²) in [6.07, 6.45) is 12.2. The number of ketones is 1. The molecule has 0 spiro atoms. The summed E-state index contributed by atoms with van der Waals surface area (Å²) >= 11 is 0. The number of carbonyl (C=O) groups is 2. The van der Waals surface area contributed by atoms with Crippen molar-refractivity contribution >= 4 is 17.6 Å². The first-order valence-corrected chi connectivity index (χ1v) is 14.6. The van der Waals surface area contributed by atoms with Gasteiger partial charge in [-0.1, -0.05) is 57.9 Å². The number of likely N-dealkylation sites (N-methyl/N-ethyl adjacent to an activating group) is 1. The van der Waals surface area contributed by atoms with Gasteiger partial charge in [-0.05, 0) is 83.2 Å². The quantitative estimate of drug-likeness (QED) is 0.249. The topological polar surface area (TPSA) is 45.6 Å². The molecule has 1 aromatic heterocycles. The second-order valence-corrected chi connectivity index (χ2v) is 11.0. The van der Waals surface area contributed by atoms with Gasteiger partial charge in [0.1, 0.15) is 12.1 Å². The number of rotatable bonds is 10. The zero-order valence-corrected chi connectivity index (χ0v) is 26.0.